The van der Waals surface area contributed by atoms with Crippen molar-refractivity contribution < 1.29 is 9.53 Å². The van der Waals surface area contributed by atoms with Gasteiger partial charge in [-0.1, -0.05) is 18.5 Å². The Morgan fingerprint density at radius 2 is 2.29 bits per heavy atom. The van der Waals surface area contributed by atoms with Crippen LogP contribution in [0.25, 0.3) is 0 Å². The minimum atomic E-state index is -0.187. The summed E-state index contributed by atoms with van der Waals surface area (Å²) in [6, 6.07) is 5.10. The first kappa shape index (κ1) is 13.8. The van der Waals surface area contributed by atoms with Crippen molar-refractivity contribution >= 4 is 23.2 Å². The third kappa shape index (κ3) is 3.61. The van der Waals surface area contributed by atoms with Crippen LogP contribution >= 0.6 is 11.6 Å². The van der Waals surface area contributed by atoms with Crippen molar-refractivity contribution in [2.24, 2.45) is 11.7 Å². The number of carbonyl (C=O) groups excluding carboxylic acids is 1. The van der Waals surface area contributed by atoms with Gasteiger partial charge in [0.1, 0.15) is 5.75 Å². The van der Waals surface area contributed by atoms with Gasteiger partial charge in [-0.2, -0.15) is 0 Å². The molecule has 0 saturated carbocycles. The molecule has 1 unspecified atom stereocenters. The van der Waals surface area contributed by atoms with Gasteiger partial charge in [-0.15, -0.1) is 0 Å². The van der Waals surface area contributed by atoms with E-state index < -0.39 is 0 Å². The van der Waals surface area contributed by atoms with E-state index in [0.29, 0.717) is 29.4 Å². The van der Waals surface area contributed by atoms with Crippen LogP contribution in [0.15, 0.2) is 18.2 Å². The number of nitrogens with one attached hydrogen (secondary N) is 1. The molecule has 0 spiro atoms. The largest absolute Gasteiger partial charge is 0.497 e. The van der Waals surface area contributed by atoms with E-state index in [1.165, 1.54) is 0 Å². The second-order valence-electron chi connectivity index (χ2n) is 3.68. The summed E-state index contributed by atoms with van der Waals surface area (Å²) in [5, 5.41) is 3.21. The van der Waals surface area contributed by atoms with Crippen LogP contribution in [0.1, 0.15) is 13.3 Å². The summed E-state index contributed by atoms with van der Waals surface area (Å²) in [6.07, 6.45) is 0.704. The predicted molar refractivity (Wildman–Crippen MR) is 69.5 cm³/mol. The number of hydrogen-bond acceptors (Lipinski definition) is 3. The number of hydrogen-bond donors (Lipinski definition) is 2. The smallest absolute Gasteiger partial charge is 0.228 e. The normalized spacial score (nSPS) is 12.0. The maximum Gasteiger partial charge on any atom is 0.228 e. The van der Waals surface area contributed by atoms with Crippen molar-refractivity contribution in [3.8, 4) is 5.75 Å². The van der Waals surface area contributed by atoms with E-state index in [2.05, 4.69) is 5.32 Å². The number of ether oxygens (including phenoxy) is 1. The average Bonchev–Trinajstić information content (AvgIpc) is 2.33. The molecule has 5 heteroatoms. The Morgan fingerprint density at radius 1 is 1.59 bits per heavy atom. The third-order valence-corrected chi connectivity index (χ3v) is 2.89. The Labute approximate surface area is 106 Å². The van der Waals surface area contributed by atoms with Crippen LogP contribution in [0.5, 0.6) is 5.75 Å². The lowest BCUT2D eigenvalue weighted by atomic mass is 10.1. The number of rotatable bonds is 5. The number of anilines is 1. The molecule has 94 valence electrons. The number of nitrogens with two attached hydrogens (primary N) is 1. The molecule has 0 saturated heterocycles. The quantitative estimate of drug-likeness (QED) is 0.849. The van der Waals surface area contributed by atoms with Crippen molar-refractivity contribution in [1.82, 2.24) is 0 Å². The molecule has 0 bridgehead atoms. The maximum absolute atomic E-state index is 11.8. The Morgan fingerprint density at radius 3 is 2.76 bits per heavy atom. The van der Waals surface area contributed by atoms with Crippen LogP contribution in [0.2, 0.25) is 5.02 Å². The molecule has 1 amide bonds. The van der Waals surface area contributed by atoms with Crippen LogP contribution in [0.3, 0.4) is 0 Å². The molecule has 0 aliphatic rings. The maximum atomic E-state index is 11.8. The van der Waals surface area contributed by atoms with Crippen LogP contribution in [0, 0.1) is 5.92 Å². The van der Waals surface area contributed by atoms with Crippen molar-refractivity contribution in [2.45, 2.75) is 13.3 Å². The van der Waals surface area contributed by atoms with Gasteiger partial charge < -0.3 is 15.8 Å². The van der Waals surface area contributed by atoms with Crippen molar-refractivity contribution in [1.29, 1.82) is 0 Å². The van der Waals surface area contributed by atoms with Gasteiger partial charge in [-0.25, -0.2) is 0 Å². The number of halogens is 1. The van der Waals surface area contributed by atoms with Gasteiger partial charge in [0.05, 0.1) is 23.7 Å². The highest BCUT2D eigenvalue weighted by Crippen LogP contribution is 2.27. The van der Waals surface area contributed by atoms with Crippen LogP contribution in [-0.2, 0) is 4.79 Å². The molecule has 0 radical (unpaired) electrons. The SMILES string of the molecule is CCC(CN)C(=O)Nc1ccc(OC)cc1Cl. The van der Waals surface area contributed by atoms with Gasteiger partial charge >= 0.3 is 0 Å². The summed E-state index contributed by atoms with van der Waals surface area (Å²) in [6.45, 7) is 2.25. The van der Waals surface area contributed by atoms with E-state index in [-0.39, 0.29) is 11.8 Å². The molecule has 0 fully saturated rings. The molecule has 0 heterocycles. The minimum absolute atomic E-state index is 0.109. The summed E-state index contributed by atoms with van der Waals surface area (Å²) in [5.74, 6) is 0.356. The predicted octanol–water partition coefficient (Wildman–Crippen LogP) is 2.27. The lowest BCUT2D eigenvalue weighted by molar-refractivity contribution is -0.119. The summed E-state index contributed by atoms with van der Waals surface area (Å²) in [4.78, 5) is 11.8. The standard InChI is InChI=1S/C12H17ClN2O2/c1-3-8(7-14)12(16)15-11-5-4-9(17-2)6-10(11)13/h4-6,8H,3,7,14H2,1-2H3,(H,15,16). The van der Waals surface area contributed by atoms with Gasteiger partial charge in [0.15, 0.2) is 0 Å². The van der Waals surface area contributed by atoms with Gasteiger partial charge in [-0.05, 0) is 18.6 Å². The van der Waals surface area contributed by atoms with Crippen LogP contribution < -0.4 is 15.8 Å². The van der Waals surface area contributed by atoms with Gasteiger partial charge in [-0.3, -0.25) is 4.79 Å². The Balaban J connectivity index is 2.78. The fraction of sp³-hybridized carbons (Fsp3) is 0.417. The van der Waals surface area contributed by atoms with Gasteiger partial charge in [0.2, 0.25) is 5.91 Å². The number of benzene rings is 1. The topological polar surface area (TPSA) is 64.4 Å². The average molecular weight is 257 g/mol. The first-order chi connectivity index (χ1) is 8.12. The second-order valence-corrected chi connectivity index (χ2v) is 4.08. The van der Waals surface area contributed by atoms with Crippen molar-refractivity contribution in [3.63, 3.8) is 0 Å². The molecule has 0 aliphatic carbocycles. The van der Waals surface area contributed by atoms with Crippen molar-refractivity contribution in [3.05, 3.63) is 23.2 Å². The Hall–Kier alpha value is -1.26. The Kier molecular flexibility index (Phi) is 5.25. The zero-order valence-electron chi connectivity index (χ0n) is 10.00. The highest BCUT2D eigenvalue weighted by molar-refractivity contribution is 6.33. The minimum Gasteiger partial charge on any atom is -0.497 e. The third-order valence-electron chi connectivity index (χ3n) is 2.58. The summed E-state index contributed by atoms with van der Waals surface area (Å²) >= 11 is 6.02. The fourth-order valence-electron chi connectivity index (χ4n) is 1.42. The van der Waals surface area contributed by atoms with E-state index in [0.717, 1.165) is 0 Å². The molecular weight excluding hydrogens is 240 g/mol. The summed E-state index contributed by atoms with van der Waals surface area (Å²) in [5.41, 5.74) is 6.08. The lowest BCUT2D eigenvalue weighted by Gasteiger charge is -2.14. The zero-order chi connectivity index (χ0) is 12.8. The highest BCUT2D eigenvalue weighted by atomic mass is 35.5. The molecule has 4 nitrogen and oxygen atoms in total. The molecule has 1 aromatic rings. The first-order valence-electron chi connectivity index (χ1n) is 5.46. The molecule has 0 aliphatic heterocycles. The molecule has 3 N–H and O–H groups in total. The summed E-state index contributed by atoms with van der Waals surface area (Å²) < 4.78 is 5.03. The molecule has 1 rings (SSSR count). The highest BCUT2D eigenvalue weighted by Gasteiger charge is 2.15. The van der Waals surface area contributed by atoms with E-state index in [1.807, 2.05) is 6.92 Å². The molecule has 1 aromatic carbocycles. The first-order valence-corrected chi connectivity index (χ1v) is 5.84. The van der Waals surface area contributed by atoms with Gasteiger partial charge in [0.25, 0.3) is 0 Å². The molecular formula is C12H17ClN2O2. The number of methoxy groups -OCH3 is 1. The molecule has 0 aromatic heterocycles. The lowest BCUT2D eigenvalue weighted by Crippen LogP contribution is -2.28. The van der Waals surface area contributed by atoms with Crippen molar-refractivity contribution in [2.75, 3.05) is 19.0 Å². The summed E-state index contributed by atoms with van der Waals surface area (Å²) in [7, 11) is 1.56. The number of carbonyl (C=O) groups is 1. The molecule has 17 heavy (non-hydrogen) atoms. The fourth-order valence-corrected chi connectivity index (χ4v) is 1.64. The van der Waals surface area contributed by atoms with Crippen LogP contribution in [-0.4, -0.2) is 19.6 Å². The number of amides is 1. The van der Waals surface area contributed by atoms with Crippen LogP contribution in [0.4, 0.5) is 5.69 Å². The monoisotopic (exact) mass is 256 g/mol. The van der Waals surface area contributed by atoms with E-state index >= 15 is 0 Å². The zero-order valence-corrected chi connectivity index (χ0v) is 10.8. The second kappa shape index (κ2) is 6.47. The van der Waals surface area contributed by atoms with E-state index in [9.17, 15) is 4.79 Å². The molecule has 1 atom stereocenters. The van der Waals surface area contributed by atoms with E-state index in [4.69, 9.17) is 22.1 Å². The van der Waals surface area contributed by atoms with Gasteiger partial charge in [0, 0.05) is 12.6 Å². The Bertz CT molecular complexity index is 392. The van der Waals surface area contributed by atoms with E-state index in [1.54, 1.807) is 25.3 Å².